The van der Waals surface area contributed by atoms with E-state index >= 15 is 0 Å². The Morgan fingerprint density at radius 2 is 1.90 bits per heavy atom. The summed E-state index contributed by atoms with van der Waals surface area (Å²) in [6.07, 6.45) is 0.675. The minimum atomic E-state index is -0.245. The summed E-state index contributed by atoms with van der Waals surface area (Å²) in [6.45, 7) is 7.12. The first-order valence-electron chi connectivity index (χ1n) is 7.25. The van der Waals surface area contributed by atoms with Crippen LogP contribution in [-0.2, 0) is 6.42 Å². The van der Waals surface area contributed by atoms with E-state index in [0.29, 0.717) is 11.4 Å². The maximum atomic E-state index is 13.4. The van der Waals surface area contributed by atoms with Crippen molar-refractivity contribution in [2.75, 3.05) is 6.54 Å². The molecule has 0 saturated carbocycles. The molecule has 112 valence electrons. The number of rotatable bonds is 5. The van der Waals surface area contributed by atoms with E-state index in [1.54, 1.807) is 6.07 Å². The molecule has 0 fully saturated rings. The van der Waals surface area contributed by atoms with Crippen LogP contribution in [-0.4, -0.2) is 6.54 Å². The van der Waals surface area contributed by atoms with Crippen molar-refractivity contribution in [3.63, 3.8) is 0 Å². The third kappa shape index (κ3) is 4.05. The van der Waals surface area contributed by atoms with E-state index in [2.05, 4.69) is 44.3 Å². The number of hydrogen-bond acceptors (Lipinski definition) is 1. The van der Waals surface area contributed by atoms with E-state index in [1.807, 2.05) is 0 Å². The monoisotopic (exact) mass is 305 g/mol. The Bertz CT molecular complexity index is 625. The summed E-state index contributed by atoms with van der Waals surface area (Å²) in [5.74, 6) is -0.245. The molecule has 0 spiro atoms. The quantitative estimate of drug-likeness (QED) is 0.820. The second-order valence-corrected chi connectivity index (χ2v) is 5.82. The summed E-state index contributed by atoms with van der Waals surface area (Å²) < 4.78 is 13.4. The van der Waals surface area contributed by atoms with Crippen LogP contribution in [0.15, 0.2) is 36.4 Å². The van der Waals surface area contributed by atoms with E-state index in [9.17, 15) is 4.39 Å². The molecule has 2 aromatic carbocycles. The minimum absolute atomic E-state index is 0.134. The summed E-state index contributed by atoms with van der Waals surface area (Å²) in [7, 11) is 0. The average Bonchev–Trinajstić information content (AvgIpc) is 2.42. The first kappa shape index (κ1) is 16.0. The highest BCUT2D eigenvalue weighted by Crippen LogP contribution is 2.26. The van der Waals surface area contributed by atoms with Crippen molar-refractivity contribution >= 4 is 11.6 Å². The van der Waals surface area contributed by atoms with Crippen LogP contribution in [0.1, 0.15) is 35.2 Å². The highest BCUT2D eigenvalue weighted by molar-refractivity contribution is 6.31. The van der Waals surface area contributed by atoms with Crippen molar-refractivity contribution in [3.05, 3.63) is 69.5 Å². The standard InChI is InChI=1S/C18H21ClFN/c1-4-21-18(16-7-5-12(2)9-13(16)3)11-14-10-15(20)6-8-17(14)19/h5-10,18,21H,4,11H2,1-3H3. The molecule has 0 amide bonds. The van der Waals surface area contributed by atoms with E-state index in [1.165, 1.54) is 28.8 Å². The Morgan fingerprint density at radius 1 is 1.14 bits per heavy atom. The van der Waals surface area contributed by atoms with Gasteiger partial charge in [0.15, 0.2) is 0 Å². The van der Waals surface area contributed by atoms with E-state index in [4.69, 9.17) is 11.6 Å². The molecule has 1 atom stereocenters. The topological polar surface area (TPSA) is 12.0 Å². The van der Waals surface area contributed by atoms with Gasteiger partial charge >= 0.3 is 0 Å². The summed E-state index contributed by atoms with van der Waals surface area (Å²) in [5, 5.41) is 4.09. The van der Waals surface area contributed by atoms with Crippen LogP contribution in [0, 0.1) is 19.7 Å². The molecule has 0 aromatic heterocycles. The van der Waals surface area contributed by atoms with Crippen LogP contribution >= 0.6 is 11.6 Å². The number of nitrogens with one attached hydrogen (secondary N) is 1. The highest BCUT2D eigenvalue weighted by Gasteiger charge is 2.15. The van der Waals surface area contributed by atoms with Gasteiger partial charge in [-0.3, -0.25) is 0 Å². The van der Waals surface area contributed by atoms with E-state index in [0.717, 1.165) is 12.1 Å². The largest absolute Gasteiger partial charge is 0.310 e. The molecule has 1 unspecified atom stereocenters. The summed E-state index contributed by atoms with van der Waals surface area (Å²) >= 11 is 6.20. The molecule has 0 heterocycles. The predicted octanol–water partition coefficient (Wildman–Crippen LogP) is 4.99. The maximum Gasteiger partial charge on any atom is 0.123 e. The summed E-state index contributed by atoms with van der Waals surface area (Å²) in [6, 6.07) is 11.1. The molecule has 2 aromatic rings. The molecule has 1 N–H and O–H groups in total. The highest BCUT2D eigenvalue weighted by atomic mass is 35.5. The Kier molecular flexibility index (Phi) is 5.38. The van der Waals surface area contributed by atoms with Crippen molar-refractivity contribution in [2.45, 2.75) is 33.2 Å². The van der Waals surface area contributed by atoms with Gasteiger partial charge in [0.05, 0.1) is 0 Å². The lowest BCUT2D eigenvalue weighted by Crippen LogP contribution is -2.24. The van der Waals surface area contributed by atoms with Gasteiger partial charge in [-0.1, -0.05) is 42.3 Å². The lowest BCUT2D eigenvalue weighted by Gasteiger charge is -2.21. The fourth-order valence-electron chi connectivity index (χ4n) is 2.67. The van der Waals surface area contributed by atoms with Gasteiger partial charge in [0, 0.05) is 11.1 Å². The number of halogens is 2. The minimum Gasteiger partial charge on any atom is -0.310 e. The van der Waals surface area contributed by atoms with Crippen LogP contribution in [0.2, 0.25) is 5.02 Å². The molecule has 1 nitrogen and oxygen atoms in total. The van der Waals surface area contributed by atoms with Gasteiger partial charge < -0.3 is 5.32 Å². The van der Waals surface area contributed by atoms with Gasteiger partial charge in [-0.25, -0.2) is 4.39 Å². The maximum absolute atomic E-state index is 13.4. The Morgan fingerprint density at radius 3 is 2.57 bits per heavy atom. The normalized spacial score (nSPS) is 12.4. The molecule has 0 aliphatic rings. The smallest absolute Gasteiger partial charge is 0.123 e. The van der Waals surface area contributed by atoms with Crippen LogP contribution in [0.3, 0.4) is 0 Å². The Balaban J connectivity index is 2.32. The number of aryl methyl sites for hydroxylation is 2. The van der Waals surface area contributed by atoms with Crippen LogP contribution in [0.4, 0.5) is 4.39 Å². The van der Waals surface area contributed by atoms with Gasteiger partial charge in [0.2, 0.25) is 0 Å². The van der Waals surface area contributed by atoms with Gasteiger partial charge in [-0.2, -0.15) is 0 Å². The van der Waals surface area contributed by atoms with E-state index < -0.39 is 0 Å². The summed E-state index contributed by atoms with van der Waals surface area (Å²) in [4.78, 5) is 0. The fraction of sp³-hybridized carbons (Fsp3) is 0.333. The lowest BCUT2D eigenvalue weighted by molar-refractivity contribution is 0.544. The van der Waals surface area contributed by atoms with Crippen molar-refractivity contribution in [3.8, 4) is 0 Å². The third-order valence-electron chi connectivity index (χ3n) is 3.68. The van der Waals surface area contributed by atoms with Gasteiger partial charge in [0.1, 0.15) is 5.82 Å². The molecule has 3 heteroatoms. The van der Waals surface area contributed by atoms with Crippen LogP contribution in [0.25, 0.3) is 0 Å². The second kappa shape index (κ2) is 7.06. The zero-order valence-electron chi connectivity index (χ0n) is 12.7. The van der Waals surface area contributed by atoms with Gasteiger partial charge in [0.25, 0.3) is 0 Å². The van der Waals surface area contributed by atoms with Crippen LogP contribution in [0.5, 0.6) is 0 Å². The molecule has 0 bridgehead atoms. The molecular formula is C18H21ClFN. The van der Waals surface area contributed by atoms with Crippen molar-refractivity contribution in [1.82, 2.24) is 5.32 Å². The van der Waals surface area contributed by atoms with Gasteiger partial charge in [-0.15, -0.1) is 0 Å². The molecule has 0 aliphatic heterocycles. The zero-order valence-corrected chi connectivity index (χ0v) is 13.5. The van der Waals surface area contributed by atoms with Crippen LogP contribution < -0.4 is 5.32 Å². The van der Waals surface area contributed by atoms with Crippen molar-refractivity contribution < 1.29 is 4.39 Å². The molecular weight excluding hydrogens is 285 g/mol. The molecule has 21 heavy (non-hydrogen) atoms. The molecule has 0 radical (unpaired) electrons. The number of likely N-dealkylation sites (N-methyl/N-ethyl adjacent to an activating group) is 1. The molecule has 2 rings (SSSR count). The van der Waals surface area contributed by atoms with Crippen molar-refractivity contribution in [2.24, 2.45) is 0 Å². The SMILES string of the molecule is CCNC(Cc1cc(F)ccc1Cl)c1ccc(C)cc1C. The summed E-state index contributed by atoms with van der Waals surface area (Å²) in [5.41, 5.74) is 4.56. The average molecular weight is 306 g/mol. The fourth-order valence-corrected chi connectivity index (χ4v) is 2.87. The molecule has 0 aliphatic carbocycles. The van der Waals surface area contributed by atoms with Crippen molar-refractivity contribution in [1.29, 1.82) is 0 Å². The predicted molar refractivity (Wildman–Crippen MR) is 87.4 cm³/mol. The van der Waals surface area contributed by atoms with E-state index in [-0.39, 0.29) is 11.9 Å². The second-order valence-electron chi connectivity index (χ2n) is 5.41. The lowest BCUT2D eigenvalue weighted by atomic mass is 9.94. The zero-order chi connectivity index (χ0) is 15.4. The number of hydrogen-bond donors (Lipinski definition) is 1. The first-order valence-corrected chi connectivity index (χ1v) is 7.63. The third-order valence-corrected chi connectivity index (χ3v) is 4.05. The molecule has 0 saturated heterocycles. The Hall–Kier alpha value is -1.38. The Labute approximate surface area is 131 Å². The number of benzene rings is 2. The van der Waals surface area contributed by atoms with Gasteiger partial charge in [-0.05, 0) is 61.7 Å². The first-order chi connectivity index (χ1) is 10.0.